The second-order valence-corrected chi connectivity index (χ2v) is 6.24. The van der Waals surface area contributed by atoms with Gasteiger partial charge in [0.25, 0.3) is 11.8 Å². The van der Waals surface area contributed by atoms with Gasteiger partial charge in [-0.3, -0.25) is 14.4 Å². The van der Waals surface area contributed by atoms with Crippen LogP contribution in [0.25, 0.3) is 0 Å². The van der Waals surface area contributed by atoms with E-state index in [-0.39, 0.29) is 13.3 Å². The van der Waals surface area contributed by atoms with Gasteiger partial charge in [-0.1, -0.05) is 12.1 Å². The maximum atomic E-state index is 12.1. The third-order valence-corrected chi connectivity index (χ3v) is 3.99. The molecule has 0 saturated carbocycles. The molecule has 0 radical (unpaired) electrons. The Balaban J connectivity index is 1.46. The van der Waals surface area contributed by atoms with Crippen molar-refractivity contribution >= 4 is 23.5 Å². The number of hydrogen-bond donors (Lipinski definition) is 2. The molecule has 1 aliphatic rings. The topological polar surface area (TPSA) is 103 Å². The van der Waals surface area contributed by atoms with E-state index in [1.807, 2.05) is 19.1 Å². The Labute approximate surface area is 161 Å². The summed E-state index contributed by atoms with van der Waals surface area (Å²) in [6.07, 6.45) is -1.00. The van der Waals surface area contributed by atoms with Crippen molar-refractivity contribution in [1.82, 2.24) is 5.32 Å². The number of amides is 2. The average Bonchev–Trinajstić information content (AvgIpc) is 3.13. The van der Waals surface area contributed by atoms with Crippen molar-refractivity contribution < 1.29 is 28.6 Å². The van der Waals surface area contributed by atoms with Crippen molar-refractivity contribution in [3.63, 3.8) is 0 Å². The van der Waals surface area contributed by atoms with E-state index in [0.29, 0.717) is 22.7 Å². The molecule has 2 N–H and O–H groups in total. The van der Waals surface area contributed by atoms with Crippen molar-refractivity contribution in [3.05, 3.63) is 53.6 Å². The molecule has 146 valence electrons. The van der Waals surface area contributed by atoms with Gasteiger partial charge in [-0.25, -0.2) is 0 Å². The van der Waals surface area contributed by atoms with Gasteiger partial charge in [0.2, 0.25) is 6.79 Å². The molecule has 8 nitrogen and oxygen atoms in total. The lowest BCUT2D eigenvalue weighted by atomic mass is 10.2. The Bertz CT molecular complexity index is 911. The number of carbonyl (C=O) groups is 3. The Morgan fingerprint density at radius 2 is 1.89 bits per heavy atom. The SMILES string of the molecule is Cc1cccc(NC(=O)[C@H](C)OC(=O)CNC(=O)c2ccc3c(c2)OCO3)c1. The number of hydrogen-bond acceptors (Lipinski definition) is 6. The summed E-state index contributed by atoms with van der Waals surface area (Å²) in [4.78, 5) is 36.2. The summed E-state index contributed by atoms with van der Waals surface area (Å²) in [5.74, 6) is -0.616. The average molecular weight is 384 g/mol. The van der Waals surface area contributed by atoms with Gasteiger partial charge in [0.1, 0.15) is 6.54 Å². The maximum Gasteiger partial charge on any atom is 0.326 e. The summed E-state index contributed by atoms with van der Waals surface area (Å²) < 4.78 is 15.5. The monoisotopic (exact) mass is 384 g/mol. The third-order valence-electron chi connectivity index (χ3n) is 3.99. The third kappa shape index (κ3) is 4.79. The zero-order valence-electron chi connectivity index (χ0n) is 15.5. The molecule has 0 aromatic heterocycles. The maximum absolute atomic E-state index is 12.1. The Morgan fingerprint density at radius 3 is 2.68 bits per heavy atom. The molecule has 0 aliphatic carbocycles. The minimum Gasteiger partial charge on any atom is -0.454 e. The van der Waals surface area contributed by atoms with E-state index in [0.717, 1.165) is 5.56 Å². The van der Waals surface area contributed by atoms with Crippen LogP contribution in [0.2, 0.25) is 0 Å². The highest BCUT2D eigenvalue weighted by molar-refractivity contribution is 5.97. The number of aryl methyl sites for hydroxylation is 1. The van der Waals surface area contributed by atoms with E-state index < -0.39 is 23.9 Å². The standard InChI is InChI=1S/C20H20N2O6/c1-12-4-3-5-15(8-12)22-19(24)13(2)28-18(23)10-21-20(25)14-6-7-16-17(9-14)27-11-26-16/h3-9,13H,10-11H2,1-2H3,(H,21,25)(H,22,24)/t13-/m0/s1. The first kappa shape index (κ1) is 19.2. The number of rotatable bonds is 6. The normalized spacial score (nSPS) is 12.8. The number of fused-ring (bicyclic) bond motifs is 1. The van der Waals surface area contributed by atoms with Gasteiger partial charge in [0.15, 0.2) is 17.6 Å². The predicted molar refractivity (Wildman–Crippen MR) is 100 cm³/mol. The van der Waals surface area contributed by atoms with Gasteiger partial charge in [-0.15, -0.1) is 0 Å². The lowest BCUT2D eigenvalue weighted by molar-refractivity contribution is -0.152. The number of benzene rings is 2. The van der Waals surface area contributed by atoms with E-state index in [1.54, 1.807) is 24.3 Å². The fourth-order valence-corrected chi connectivity index (χ4v) is 2.55. The summed E-state index contributed by atoms with van der Waals surface area (Å²) in [6, 6.07) is 12.0. The van der Waals surface area contributed by atoms with Crippen LogP contribution in [0.5, 0.6) is 11.5 Å². The summed E-state index contributed by atoms with van der Waals surface area (Å²) in [5.41, 5.74) is 1.93. The van der Waals surface area contributed by atoms with Gasteiger partial charge in [-0.2, -0.15) is 0 Å². The fourth-order valence-electron chi connectivity index (χ4n) is 2.55. The molecule has 28 heavy (non-hydrogen) atoms. The molecule has 1 aliphatic heterocycles. The Hall–Kier alpha value is -3.55. The lowest BCUT2D eigenvalue weighted by Crippen LogP contribution is -2.35. The summed E-state index contributed by atoms with van der Waals surface area (Å²) in [6.45, 7) is 3.11. The molecule has 0 bridgehead atoms. The smallest absolute Gasteiger partial charge is 0.326 e. The molecule has 2 aromatic rings. The summed E-state index contributed by atoms with van der Waals surface area (Å²) >= 11 is 0. The van der Waals surface area contributed by atoms with Crippen LogP contribution in [-0.2, 0) is 14.3 Å². The first-order valence-corrected chi connectivity index (χ1v) is 8.67. The minimum atomic E-state index is -1.00. The highest BCUT2D eigenvalue weighted by Crippen LogP contribution is 2.32. The van der Waals surface area contributed by atoms with E-state index in [4.69, 9.17) is 14.2 Å². The predicted octanol–water partition coefficient (Wildman–Crippen LogP) is 2.02. The van der Waals surface area contributed by atoms with Gasteiger partial charge in [0, 0.05) is 11.3 Å². The largest absolute Gasteiger partial charge is 0.454 e. The molecule has 2 amide bonds. The van der Waals surface area contributed by atoms with Gasteiger partial charge < -0.3 is 24.8 Å². The lowest BCUT2D eigenvalue weighted by Gasteiger charge is -2.14. The molecular formula is C20H20N2O6. The van der Waals surface area contributed by atoms with E-state index in [2.05, 4.69) is 10.6 Å². The van der Waals surface area contributed by atoms with E-state index in [1.165, 1.54) is 13.0 Å². The van der Waals surface area contributed by atoms with E-state index in [9.17, 15) is 14.4 Å². The molecular weight excluding hydrogens is 364 g/mol. The molecule has 3 rings (SSSR count). The van der Waals surface area contributed by atoms with Crippen molar-refractivity contribution in [1.29, 1.82) is 0 Å². The van der Waals surface area contributed by atoms with Gasteiger partial charge in [-0.05, 0) is 49.7 Å². The first-order valence-electron chi connectivity index (χ1n) is 8.67. The Morgan fingerprint density at radius 1 is 1.11 bits per heavy atom. The fraction of sp³-hybridized carbons (Fsp3) is 0.250. The number of ether oxygens (including phenoxy) is 3. The summed E-state index contributed by atoms with van der Waals surface area (Å²) in [5, 5.41) is 5.12. The van der Waals surface area contributed by atoms with Crippen LogP contribution in [-0.4, -0.2) is 37.2 Å². The number of anilines is 1. The molecule has 0 unspecified atom stereocenters. The van der Waals surface area contributed by atoms with Crippen LogP contribution in [0.15, 0.2) is 42.5 Å². The highest BCUT2D eigenvalue weighted by Gasteiger charge is 2.20. The van der Waals surface area contributed by atoms with Crippen LogP contribution >= 0.6 is 0 Å². The number of carbonyl (C=O) groups excluding carboxylic acids is 3. The van der Waals surface area contributed by atoms with Gasteiger partial charge >= 0.3 is 5.97 Å². The molecule has 0 saturated heterocycles. The summed E-state index contributed by atoms with van der Waals surface area (Å²) in [7, 11) is 0. The van der Waals surface area contributed by atoms with Crippen LogP contribution < -0.4 is 20.1 Å². The minimum absolute atomic E-state index is 0.106. The van der Waals surface area contributed by atoms with Crippen molar-refractivity contribution in [2.45, 2.75) is 20.0 Å². The number of esters is 1. The van der Waals surface area contributed by atoms with Gasteiger partial charge in [0.05, 0.1) is 0 Å². The molecule has 2 aromatic carbocycles. The molecule has 8 heteroatoms. The molecule has 1 atom stereocenters. The quantitative estimate of drug-likeness (QED) is 0.739. The van der Waals surface area contributed by atoms with Crippen molar-refractivity contribution in [2.24, 2.45) is 0 Å². The highest BCUT2D eigenvalue weighted by atomic mass is 16.7. The first-order chi connectivity index (χ1) is 13.4. The van der Waals surface area contributed by atoms with Crippen LogP contribution in [0.4, 0.5) is 5.69 Å². The Kier molecular flexibility index (Phi) is 5.78. The molecule has 0 fully saturated rings. The zero-order valence-corrected chi connectivity index (χ0v) is 15.5. The van der Waals surface area contributed by atoms with Crippen LogP contribution in [0.3, 0.4) is 0 Å². The van der Waals surface area contributed by atoms with Crippen molar-refractivity contribution in [2.75, 3.05) is 18.7 Å². The van der Waals surface area contributed by atoms with E-state index >= 15 is 0 Å². The zero-order chi connectivity index (χ0) is 20.1. The number of nitrogens with one attached hydrogen (secondary N) is 2. The van der Waals surface area contributed by atoms with Crippen molar-refractivity contribution in [3.8, 4) is 11.5 Å². The second-order valence-electron chi connectivity index (χ2n) is 6.24. The van der Waals surface area contributed by atoms with Crippen LogP contribution in [0, 0.1) is 6.92 Å². The second kappa shape index (κ2) is 8.43. The molecule has 0 spiro atoms. The van der Waals surface area contributed by atoms with Crippen LogP contribution in [0.1, 0.15) is 22.8 Å². The molecule has 1 heterocycles.